The third-order valence-electron chi connectivity index (χ3n) is 3.93. The molecule has 3 rings (SSSR count). The van der Waals surface area contributed by atoms with Crippen LogP contribution < -0.4 is 15.4 Å². The van der Waals surface area contributed by atoms with Crippen LogP contribution in [0.1, 0.15) is 12.0 Å². The van der Waals surface area contributed by atoms with Crippen molar-refractivity contribution in [2.24, 2.45) is 11.7 Å². The van der Waals surface area contributed by atoms with Crippen LogP contribution in [0, 0.1) is 5.92 Å². The summed E-state index contributed by atoms with van der Waals surface area (Å²) in [5.74, 6) is 0.642. The fourth-order valence-electron chi connectivity index (χ4n) is 2.55. The maximum atomic E-state index is 11.2. The van der Waals surface area contributed by atoms with E-state index in [1.807, 2.05) is 4.90 Å². The molecule has 24 heavy (non-hydrogen) atoms. The highest BCUT2D eigenvalue weighted by atomic mass is 35.5. The van der Waals surface area contributed by atoms with E-state index >= 15 is 0 Å². The van der Waals surface area contributed by atoms with Crippen molar-refractivity contribution in [1.29, 1.82) is 0 Å². The number of hydrogen-bond donors (Lipinski definition) is 1. The number of rotatable bonds is 5. The third kappa shape index (κ3) is 3.71. The Bertz CT molecular complexity index is 719. The Morgan fingerprint density at radius 2 is 1.96 bits per heavy atom. The van der Waals surface area contributed by atoms with Crippen LogP contribution in [-0.2, 0) is 11.4 Å². The van der Waals surface area contributed by atoms with Crippen LogP contribution >= 0.6 is 23.2 Å². The van der Waals surface area contributed by atoms with Gasteiger partial charge < -0.3 is 15.4 Å². The Labute approximate surface area is 149 Å². The summed E-state index contributed by atoms with van der Waals surface area (Å²) in [6.07, 6.45) is 3.90. The van der Waals surface area contributed by atoms with Crippen LogP contribution in [-0.4, -0.2) is 29.0 Å². The van der Waals surface area contributed by atoms with Gasteiger partial charge in [-0.3, -0.25) is 4.79 Å². The first-order valence-electron chi connectivity index (χ1n) is 7.46. The molecule has 1 unspecified atom stereocenters. The van der Waals surface area contributed by atoms with Crippen molar-refractivity contribution in [3.63, 3.8) is 0 Å². The summed E-state index contributed by atoms with van der Waals surface area (Å²) in [5.41, 5.74) is 6.05. The number of nitrogens with zero attached hydrogens (tertiary/aromatic N) is 3. The minimum absolute atomic E-state index is 0.146. The van der Waals surface area contributed by atoms with Crippen molar-refractivity contribution >= 4 is 35.1 Å². The van der Waals surface area contributed by atoms with E-state index in [0.29, 0.717) is 40.4 Å². The smallest absolute Gasteiger partial charge is 0.225 e. The van der Waals surface area contributed by atoms with Crippen LogP contribution in [0.15, 0.2) is 30.6 Å². The molecule has 2 aromatic rings. The van der Waals surface area contributed by atoms with Gasteiger partial charge >= 0.3 is 0 Å². The Morgan fingerprint density at radius 1 is 1.29 bits per heavy atom. The van der Waals surface area contributed by atoms with E-state index < -0.39 is 0 Å². The number of halogens is 2. The molecule has 1 aliphatic rings. The predicted octanol–water partition coefficient (Wildman–Crippen LogP) is 2.67. The maximum Gasteiger partial charge on any atom is 0.225 e. The van der Waals surface area contributed by atoms with Crippen molar-refractivity contribution < 1.29 is 9.53 Å². The van der Waals surface area contributed by atoms with E-state index in [1.54, 1.807) is 30.6 Å². The first-order valence-corrected chi connectivity index (χ1v) is 8.22. The van der Waals surface area contributed by atoms with Gasteiger partial charge in [0.15, 0.2) is 5.75 Å². The highest BCUT2D eigenvalue weighted by Crippen LogP contribution is 2.26. The first-order chi connectivity index (χ1) is 11.5. The summed E-state index contributed by atoms with van der Waals surface area (Å²) in [7, 11) is 0. The maximum absolute atomic E-state index is 11.2. The number of amides is 1. The fourth-order valence-corrected chi connectivity index (χ4v) is 3.05. The Balaban J connectivity index is 1.62. The highest BCUT2D eigenvalue weighted by Gasteiger charge is 2.28. The van der Waals surface area contributed by atoms with Gasteiger partial charge in [-0.1, -0.05) is 29.3 Å². The minimum Gasteiger partial charge on any atom is -0.486 e. The second-order valence-corrected chi connectivity index (χ2v) is 6.36. The number of nitrogens with two attached hydrogens (primary N) is 1. The van der Waals surface area contributed by atoms with Crippen LogP contribution in [0.5, 0.6) is 5.75 Å². The molecule has 1 aromatic heterocycles. The number of ether oxygens (including phenoxy) is 1. The van der Waals surface area contributed by atoms with E-state index in [-0.39, 0.29) is 18.4 Å². The molecule has 1 fully saturated rings. The molecule has 1 aromatic carbocycles. The number of aromatic nitrogens is 2. The first kappa shape index (κ1) is 16.8. The summed E-state index contributed by atoms with van der Waals surface area (Å²) in [6, 6.07) is 5.30. The summed E-state index contributed by atoms with van der Waals surface area (Å²) in [5, 5.41) is 1.10. The summed E-state index contributed by atoms with van der Waals surface area (Å²) in [4.78, 5) is 21.7. The lowest BCUT2D eigenvalue weighted by atomic mass is 10.1. The summed E-state index contributed by atoms with van der Waals surface area (Å²) < 4.78 is 5.64. The number of benzene rings is 1. The average molecular weight is 367 g/mol. The molecular formula is C16H16Cl2N4O2. The number of hydrogen-bond acceptors (Lipinski definition) is 5. The van der Waals surface area contributed by atoms with Crippen LogP contribution in [0.4, 0.5) is 5.95 Å². The van der Waals surface area contributed by atoms with Crippen molar-refractivity contribution in [1.82, 2.24) is 9.97 Å². The SMILES string of the molecule is NC(=O)C1CCN(c2ncc(OCc3c(Cl)cccc3Cl)cn2)C1. The van der Waals surface area contributed by atoms with Gasteiger partial charge in [-0.25, -0.2) is 9.97 Å². The van der Waals surface area contributed by atoms with Gasteiger partial charge in [0.1, 0.15) is 6.61 Å². The van der Waals surface area contributed by atoms with E-state index in [4.69, 9.17) is 33.7 Å². The molecule has 1 amide bonds. The monoisotopic (exact) mass is 366 g/mol. The molecule has 8 heteroatoms. The predicted molar refractivity (Wildman–Crippen MR) is 92.3 cm³/mol. The quantitative estimate of drug-likeness (QED) is 0.879. The standard InChI is InChI=1S/C16H16Cl2N4O2/c17-13-2-1-3-14(18)12(13)9-24-11-6-20-16(21-7-11)22-5-4-10(8-22)15(19)23/h1-3,6-7,10H,4-5,8-9H2,(H2,19,23). The third-order valence-corrected chi connectivity index (χ3v) is 4.64. The Hall–Kier alpha value is -2.05. The molecular weight excluding hydrogens is 351 g/mol. The van der Waals surface area contributed by atoms with Crippen molar-refractivity contribution in [2.45, 2.75) is 13.0 Å². The molecule has 1 atom stereocenters. The van der Waals surface area contributed by atoms with Crippen LogP contribution in [0.2, 0.25) is 10.0 Å². The zero-order valence-electron chi connectivity index (χ0n) is 12.8. The zero-order valence-corrected chi connectivity index (χ0v) is 14.3. The molecule has 0 bridgehead atoms. The summed E-state index contributed by atoms with van der Waals surface area (Å²) >= 11 is 12.2. The van der Waals surface area contributed by atoms with E-state index in [0.717, 1.165) is 6.42 Å². The molecule has 6 nitrogen and oxygen atoms in total. The second kappa shape index (κ2) is 7.23. The van der Waals surface area contributed by atoms with Crippen molar-refractivity contribution in [3.8, 4) is 5.75 Å². The molecule has 0 saturated carbocycles. The Morgan fingerprint density at radius 3 is 2.54 bits per heavy atom. The van der Waals surface area contributed by atoms with E-state index in [1.165, 1.54) is 0 Å². The normalized spacial score (nSPS) is 17.1. The summed E-state index contributed by atoms with van der Waals surface area (Å²) in [6.45, 7) is 1.49. The lowest BCUT2D eigenvalue weighted by molar-refractivity contribution is -0.121. The number of primary amides is 1. The molecule has 1 saturated heterocycles. The number of carbonyl (C=O) groups is 1. The van der Waals surface area contributed by atoms with Crippen molar-refractivity contribution in [3.05, 3.63) is 46.2 Å². The van der Waals surface area contributed by atoms with Gasteiger partial charge in [0.05, 0.1) is 18.3 Å². The number of carbonyl (C=O) groups excluding carboxylic acids is 1. The van der Waals surface area contributed by atoms with Gasteiger partial charge in [-0.15, -0.1) is 0 Å². The molecule has 2 heterocycles. The lowest BCUT2D eigenvalue weighted by Gasteiger charge is -2.16. The largest absolute Gasteiger partial charge is 0.486 e. The fraction of sp³-hybridized carbons (Fsp3) is 0.312. The van der Waals surface area contributed by atoms with Gasteiger partial charge in [-0.05, 0) is 18.6 Å². The van der Waals surface area contributed by atoms with Crippen LogP contribution in [0.25, 0.3) is 0 Å². The van der Waals surface area contributed by atoms with Gasteiger partial charge in [0, 0.05) is 28.7 Å². The molecule has 0 aliphatic carbocycles. The topological polar surface area (TPSA) is 81.3 Å². The molecule has 0 radical (unpaired) electrons. The highest BCUT2D eigenvalue weighted by molar-refractivity contribution is 6.35. The van der Waals surface area contributed by atoms with E-state index in [9.17, 15) is 4.79 Å². The van der Waals surface area contributed by atoms with Crippen LogP contribution in [0.3, 0.4) is 0 Å². The molecule has 0 spiro atoms. The zero-order chi connectivity index (χ0) is 17.1. The van der Waals surface area contributed by atoms with Gasteiger partial charge in [0.2, 0.25) is 11.9 Å². The molecule has 126 valence electrons. The molecule has 2 N–H and O–H groups in total. The molecule has 1 aliphatic heterocycles. The second-order valence-electron chi connectivity index (χ2n) is 5.54. The number of anilines is 1. The van der Waals surface area contributed by atoms with Crippen molar-refractivity contribution in [2.75, 3.05) is 18.0 Å². The van der Waals surface area contributed by atoms with E-state index in [2.05, 4.69) is 9.97 Å². The van der Waals surface area contributed by atoms with Gasteiger partial charge in [-0.2, -0.15) is 0 Å². The lowest BCUT2D eigenvalue weighted by Crippen LogP contribution is -2.28. The Kier molecular flexibility index (Phi) is 5.06. The average Bonchev–Trinajstić information content (AvgIpc) is 3.05. The van der Waals surface area contributed by atoms with Gasteiger partial charge in [0.25, 0.3) is 0 Å². The minimum atomic E-state index is -0.283.